The van der Waals surface area contributed by atoms with E-state index in [1.54, 1.807) is 0 Å². The third kappa shape index (κ3) is 2.76. The number of hydrogen-bond donors (Lipinski definition) is 1. The average Bonchev–Trinajstić information content (AvgIpc) is 2.68. The normalized spacial score (nSPS) is 10.8. The maximum Gasteiger partial charge on any atom is 0.0711 e. The van der Waals surface area contributed by atoms with Gasteiger partial charge < -0.3 is 5.73 Å². The van der Waals surface area contributed by atoms with Crippen molar-refractivity contribution in [2.75, 3.05) is 6.54 Å². The minimum Gasteiger partial charge on any atom is -0.330 e. The third-order valence-electron chi connectivity index (χ3n) is 2.76. The van der Waals surface area contributed by atoms with E-state index in [9.17, 15) is 0 Å². The second-order valence-electron chi connectivity index (χ2n) is 4.04. The lowest BCUT2D eigenvalue weighted by atomic mass is 10.0. The molecule has 3 nitrogen and oxygen atoms in total. The topological polar surface area (TPSA) is 43.8 Å². The molecule has 90 valence electrons. The van der Waals surface area contributed by atoms with Crippen molar-refractivity contribution in [1.82, 2.24) is 9.78 Å². The minimum atomic E-state index is 0.715. The zero-order valence-electron chi connectivity index (χ0n) is 9.86. The zero-order chi connectivity index (χ0) is 12.3. The molecule has 1 aromatic heterocycles. The maximum atomic E-state index is 5.56. The Morgan fingerprint density at radius 3 is 2.94 bits per heavy atom. The van der Waals surface area contributed by atoms with E-state index in [1.807, 2.05) is 30.1 Å². The van der Waals surface area contributed by atoms with Crippen LogP contribution >= 0.6 is 15.9 Å². The standard InChI is InChI=1S/C13H16BrN3/c1-17-13(10-4-2-6-12(14)8-10)11(9-16-17)5-3-7-15/h2,4,6,8-9H,3,5,7,15H2,1H3. The van der Waals surface area contributed by atoms with Gasteiger partial charge in [-0.3, -0.25) is 4.68 Å². The van der Waals surface area contributed by atoms with Crippen LogP contribution < -0.4 is 5.73 Å². The summed E-state index contributed by atoms with van der Waals surface area (Å²) in [6.07, 6.45) is 3.91. The first-order chi connectivity index (χ1) is 8.22. The second kappa shape index (κ2) is 5.47. The van der Waals surface area contributed by atoms with Crippen molar-refractivity contribution < 1.29 is 0 Å². The van der Waals surface area contributed by atoms with Gasteiger partial charge in [-0.15, -0.1) is 0 Å². The molecule has 0 fully saturated rings. The van der Waals surface area contributed by atoms with Gasteiger partial charge in [-0.2, -0.15) is 5.10 Å². The summed E-state index contributed by atoms with van der Waals surface area (Å²) < 4.78 is 3.01. The SMILES string of the molecule is Cn1ncc(CCCN)c1-c1cccc(Br)c1. The van der Waals surface area contributed by atoms with Crippen LogP contribution in [0.15, 0.2) is 34.9 Å². The molecule has 4 heteroatoms. The first-order valence-electron chi connectivity index (χ1n) is 5.69. The Morgan fingerprint density at radius 1 is 1.41 bits per heavy atom. The lowest BCUT2D eigenvalue weighted by Gasteiger charge is -2.06. The first kappa shape index (κ1) is 12.3. The van der Waals surface area contributed by atoms with E-state index in [0.29, 0.717) is 6.54 Å². The molecular weight excluding hydrogens is 278 g/mol. The number of hydrogen-bond acceptors (Lipinski definition) is 2. The van der Waals surface area contributed by atoms with Crippen LogP contribution in [0.4, 0.5) is 0 Å². The van der Waals surface area contributed by atoms with Crippen LogP contribution in [0, 0.1) is 0 Å². The molecule has 17 heavy (non-hydrogen) atoms. The summed E-state index contributed by atoms with van der Waals surface area (Å²) >= 11 is 3.50. The number of rotatable bonds is 4. The maximum absolute atomic E-state index is 5.56. The van der Waals surface area contributed by atoms with Gasteiger partial charge in [0.05, 0.1) is 11.9 Å². The van der Waals surface area contributed by atoms with Gasteiger partial charge in [-0.25, -0.2) is 0 Å². The summed E-state index contributed by atoms with van der Waals surface area (Å²) in [7, 11) is 1.97. The predicted octanol–water partition coefficient (Wildman–Crippen LogP) is 2.74. The molecule has 2 rings (SSSR count). The molecule has 0 aliphatic carbocycles. The third-order valence-corrected chi connectivity index (χ3v) is 3.26. The van der Waals surface area contributed by atoms with Crippen LogP contribution in [0.3, 0.4) is 0 Å². The number of nitrogens with zero attached hydrogens (tertiary/aromatic N) is 2. The van der Waals surface area contributed by atoms with Crippen molar-refractivity contribution in [2.24, 2.45) is 12.8 Å². The van der Waals surface area contributed by atoms with Crippen LogP contribution in [0.2, 0.25) is 0 Å². The van der Waals surface area contributed by atoms with Crippen molar-refractivity contribution in [2.45, 2.75) is 12.8 Å². The molecule has 0 radical (unpaired) electrons. The predicted molar refractivity (Wildman–Crippen MR) is 73.7 cm³/mol. The summed E-state index contributed by atoms with van der Waals surface area (Å²) in [5.74, 6) is 0. The van der Waals surface area contributed by atoms with Gasteiger partial charge in [0, 0.05) is 17.1 Å². The van der Waals surface area contributed by atoms with Gasteiger partial charge in [-0.1, -0.05) is 28.1 Å². The molecule has 0 aliphatic heterocycles. The minimum absolute atomic E-state index is 0.715. The van der Waals surface area contributed by atoms with Gasteiger partial charge >= 0.3 is 0 Å². The fourth-order valence-electron chi connectivity index (χ4n) is 1.97. The fourth-order valence-corrected chi connectivity index (χ4v) is 2.37. The molecule has 0 spiro atoms. The summed E-state index contributed by atoms with van der Waals surface area (Å²) in [6.45, 7) is 0.715. The highest BCUT2D eigenvalue weighted by atomic mass is 79.9. The number of halogens is 1. The van der Waals surface area contributed by atoms with E-state index < -0.39 is 0 Å². The second-order valence-corrected chi connectivity index (χ2v) is 4.96. The van der Waals surface area contributed by atoms with E-state index in [4.69, 9.17) is 5.73 Å². The highest BCUT2D eigenvalue weighted by molar-refractivity contribution is 9.10. The van der Waals surface area contributed by atoms with Crippen LogP contribution in [0.25, 0.3) is 11.3 Å². The Balaban J connectivity index is 2.39. The van der Waals surface area contributed by atoms with Gasteiger partial charge in [0.25, 0.3) is 0 Å². The summed E-state index contributed by atoms with van der Waals surface area (Å²) in [4.78, 5) is 0. The van der Waals surface area contributed by atoms with E-state index in [-0.39, 0.29) is 0 Å². The van der Waals surface area contributed by atoms with E-state index in [2.05, 4.69) is 33.2 Å². The Labute approximate surface area is 110 Å². The smallest absolute Gasteiger partial charge is 0.0711 e. The highest BCUT2D eigenvalue weighted by Gasteiger charge is 2.10. The monoisotopic (exact) mass is 293 g/mol. The largest absolute Gasteiger partial charge is 0.330 e. The summed E-state index contributed by atoms with van der Waals surface area (Å²) in [5.41, 5.74) is 9.19. The Kier molecular flexibility index (Phi) is 3.97. The van der Waals surface area contributed by atoms with Crippen LogP contribution in [0.1, 0.15) is 12.0 Å². The quantitative estimate of drug-likeness (QED) is 0.942. The van der Waals surface area contributed by atoms with E-state index in [1.165, 1.54) is 16.8 Å². The Hall–Kier alpha value is -1.13. The molecule has 2 N–H and O–H groups in total. The summed E-state index contributed by atoms with van der Waals surface area (Å²) in [6, 6.07) is 8.29. The van der Waals surface area contributed by atoms with Crippen LogP contribution in [0.5, 0.6) is 0 Å². The van der Waals surface area contributed by atoms with E-state index >= 15 is 0 Å². The molecule has 1 aromatic carbocycles. The lowest BCUT2D eigenvalue weighted by Crippen LogP contribution is -2.01. The molecule has 0 saturated heterocycles. The first-order valence-corrected chi connectivity index (χ1v) is 6.48. The van der Waals surface area contributed by atoms with Crippen LogP contribution in [-0.2, 0) is 13.5 Å². The summed E-state index contributed by atoms with van der Waals surface area (Å²) in [5, 5.41) is 4.34. The molecule has 0 aliphatic rings. The average molecular weight is 294 g/mol. The van der Waals surface area contributed by atoms with Crippen molar-refractivity contribution in [3.8, 4) is 11.3 Å². The van der Waals surface area contributed by atoms with Crippen molar-refractivity contribution in [3.05, 3.63) is 40.5 Å². The zero-order valence-corrected chi connectivity index (χ0v) is 11.4. The lowest BCUT2D eigenvalue weighted by molar-refractivity contribution is 0.774. The van der Waals surface area contributed by atoms with E-state index in [0.717, 1.165) is 17.3 Å². The number of nitrogens with two attached hydrogens (primary N) is 1. The van der Waals surface area contributed by atoms with Crippen molar-refractivity contribution in [3.63, 3.8) is 0 Å². The molecular formula is C13H16BrN3. The van der Waals surface area contributed by atoms with Crippen LogP contribution in [-0.4, -0.2) is 16.3 Å². The number of benzene rings is 1. The number of aryl methyl sites for hydroxylation is 2. The Morgan fingerprint density at radius 2 is 2.24 bits per heavy atom. The van der Waals surface area contributed by atoms with Gasteiger partial charge in [-0.05, 0) is 37.1 Å². The molecule has 0 atom stereocenters. The molecule has 0 bridgehead atoms. The molecule has 0 amide bonds. The Bertz CT molecular complexity index is 505. The highest BCUT2D eigenvalue weighted by Crippen LogP contribution is 2.26. The molecule has 0 saturated carbocycles. The molecule has 0 unspecified atom stereocenters. The molecule has 1 heterocycles. The van der Waals surface area contributed by atoms with Crippen molar-refractivity contribution >= 4 is 15.9 Å². The van der Waals surface area contributed by atoms with Gasteiger partial charge in [0.1, 0.15) is 0 Å². The molecule has 2 aromatic rings. The van der Waals surface area contributed by atoms with Crippen molar-refractivity contribution in [1.29, 1.82) is 0 Å². The number of aromatic nitrogens is 2. The fraction of sp³-hybridized carbons (Fsp3) is 0.308. The van der Waals surface area contributed by atoms with Gasteiger partial charge in [0.2, 0.25) is 0 Å². The van der Waals surface area contributed by atoms with Gasteiger partial charge in [0.15, 0.2) is 0 Å².